The molecule has 1 heterocycles. The van der Waals surface area contributed by atoms with Crippen LogP contribution in [0.1, 0.15) is 31.4 Å². The van der Waals surface area contributed by atoms with E-state index in [1.165, 1.54) is 12.8 Å². The first-order valence-corrected chi connectivity index (χ1v) is 6.43. The quantitative estimate of drug-likeness (QED) is 0.795. The van der Waals surface area contributed by atoms with E-state index in [4.69, 9.17) is 12.2 Å². The molecule has 0 amide bonds. The average molecular weight is 250 g/mol. The number of aryl methyl sites for hydroxylation is 1. The van der Waals surface area contributed by atoms with Crippen molar-refractivity contribution in [1.29, 1.82) is 0 Å². The standard InChI is InChI=1S/C13H15FN2S/c1-3-8-5-11(8)16-12-4-7(2)9(14)6-10(12)15-13(16)17/h4,6,8,11H,3,5H2,1-2H3,(H,15,17). The molecule has 2 nitrogen and oxygen atoms in total. The molecule has 90 valence electrons. The first-order valence-electron chi connectivity index (χ1n) is 6.02. The second-order valence-corrected chi connectivity index (χ2v) is 5.28. The summed E-state index contributed by atoms with van der Waals surface area (Å²) >= 11 is 5.34. The summed E-state index contributed by atoms with van der Waals surface area (Å²) in [4.78, 5) is 3.10. The van der Waals surface area contributed by atoms with E-state index in [2.05, 4.69) is 16.5 Å². The molecule has 0 aliphatic heterocycles. The molecule has 1 saturated carbocycles. The molecule has 1 aromatic carbocycles. The van der Waals surface area contributed by atoms with Gasteiger partial charge in [0.1, 0.15) is 5.82 Å². The molecule has 2 atom stereocenters. The van der Waals surface area contributed by atoms with Crippen molar-refractivity contribution in [1.82, 2.24) is 9.55 Å². The van der Waals surface area contributed by atoms with Gasteiger partial charge in [-0.25, -0.2) is 4.39 Å². The van der Waals surface area contributed by atoms with E-state index in [0.717, 1.165) is 17.0 Å². The van der Waals surface area contributed by atoms with Gasteiger partial charge in [0.05, 0.1) is 11.0 Å². The maximum Gasteiger partial charge on any atom is 0.178 e. The topological polar surface area (TPSA) is 20.7 Å². The van der Waals surface area contributed by atoms with Gasteiger partial charge in [-0.15, -0.1) is 0 Å². The van der Waals surface area contributed by atoms with Crippen molar-refractivity contribution in [3.8, 4) is 0 Å². The van der Waals surface area contributed by atoms with Crippen LogP contribution in [0.25, 0.3) is 11.0 Å². The van der Waals surface area contributed by atoms with Crippen LogP contribution in [0.2, 0.25) is 0 Å². The van der Waals surface area contributed by atoms with Gasteiger partial charge in [0.25, 0.3) is 0 Å². The third kappa shape index (κ3) is 1.62. The van der Waals surface area contributed by atoms with E-state index in [9.17, 15) is 4.39 Å². The molecule has 1 aromatic heterocycles. The van der Waals surface area contributed by atoms with Crippen molar-refractivity contribution in [3.63, 3.8) is 0 Å². The van der Waals surface area contributed by atoms with Crippen LogP contribution in [0.4, 0.5) is 4.39 Å². The highest BCUT2D eigenvalue weighted by atomic mass is 32.1. The van der Waals surface area contributed by atoms with Gasteiger partial charge in [0.2, 0.25) is 0 Å². The normalized spacial score (nSPS) is 23.2. The van der Waals surface area contributed by atoms with Crippen molar-refractivity contribution in [2.24, 2.45) is 5.92 Å². The number of H-pyrrole nitrogens is 1. The molecule has 0 radical (unpaired) electrons. The Bertz CT molecular complexity index is 641. The predicted octanol–water partition coefficient (Wildman–Crippen LogP) is 4.12. The van der Waals surface area contributed by atoms with Crippen LogP contribution in [-0.2, 0) is 0 Å². The first kappa shape index (κ1) is 11.0. The summed E-state index contributed by atoms with van der Waals surface area (Å²) in [6.07, 6.45) is 2.37. The Balaban J connectivity index is 2.21. The molecule has 0 spiro atoms. The molecule has 2 unspecified atom stereocenters. The Morgan fingerprint density at radius 3 is 2.94 bits per heavy atom. The number of halogens is 1. The van der Waals surface area contributed by atoms with E-state index < -0.39 is 0 Å². The van der Waals surface area contributed by atoms with Crippen LogP contribution in [0, 0.1) is 23.4 Å². The lowest BCUT2D eigenvalue weighted by atomic mass is 10.2. The molecule has 3 rings (SSSR count). The van der Waals surface area contributed by atoms with Crippen molar-refractivity contribution in [2.45, 2.75) is 32.7 Å². The fourth-order valence-corrected chi connectivity index (χ4v) is 2.91. The summed E-state index contributed by atoms with van der Waals surface area (Å²) in [5.41, 5.74) is 2.52. The fourth-order valence-electron chi connectivity index (χ4n) is 2.57. The van der Waals surface area contributed by atoms with E-state index in [1.54, 1.807) is 13.0 Å². The summed E-state index contributed by atoms with van der Waals surface area (Å²) in [6.45, 7) is 3.99. The number of hydrogen-bond acceptors (Lipinski definition) is 1. The molecule has 4 heteroatoms. The number of fused-ring (bicyclic) bond motifs is 1. The van der Waals surface area contributed by atoms with Gasteiger partial charge in [0, 0.05) is 6.04 Å². The van der Waals surface area contributed by atoms with Gasteiger partial charge in [-0.1, -0.05) is 13.3 Å². The SMILES string of the molecule is CCC1CC1n1c(=S)[nH]c2cc(F)c(C)cc21. The van der Waals surface area contributed by atoms with E-state index in [1.807, 2.05) is 6.07 Å². The second kappa shape index (κ2) is 3.67. The lowest BCUT2D eigenvalue weighted by Gasteiger charge is -2.04. The Hall–Kier alpha value is -1.16. The molecule has 2 aromatic rings. The molecule has 0 bridgehead atoms. The van der Waals surface area contributed by atoms with E-state index in [0.29, 0.717) is 16.4 Å². The number of aromatic amines is 1. The molecule has 1 aliphatic carbocycles. The number of benzene rings is 1. The summed E-state index contributed by atoms with van der Waals surface area (Å²) in [5, 5.41) is 0. The largest absolute Gasteiger partial charge is 0.330 e. The minimum absolute atomic E-state index is 0.177. The first-order chi connectivity index (χ1) is 8.11. The smallest absolute Gasteiger partial charge is 0.178 e. The number of hydrogen-bond donors (Lipinski definition) is 1. The van der Waals surface area contributed by atoms with Gasteiger partial charge in [-0.3, -0.25) is 0 Å². The van der Waals surface area contributed by atoms with Crippen LogP contribution in [0.5, 0.6) is 0 Å². The minimum Gasteiger partial charge on any atom is -0.330 e. The van der Waals surface area contributed by atoms with Gasteiger partial charge in [-0.2, -0.15) is 0 Å². The predicted molar refractivity (Wildman–Crippen MR) is 69.3 cm³/mol. The van der Waals surface area contributed by atoms with Gasteiger partial charge in [-0.05, 0) is 49.2 Å². The van der Waals surface area contributed by atoms with Gasteiger partial charge < -0.3 is 9.55 Å². The molecule has 1 fully saturated rings. The highest BCUT2D eigenvalue weighted by Crippen LogP contribution is 2.47. The van der Waals surface area contributed by atoms with Crippen LogP contribution < -0.4 is 0 Å². The number of nitrogens with one attached hydrogen (secondary N) is 1. The molecule has 1 N–H and O–H groups in total. The number of nitrogens with zero attached hydrogens (tertiary/aromatic N) is 1. The Morgan fingerprint density at radius 1 is 1.53 bits per heavy atom. The Morgan fingerprint density at radius 2 is 2.29 bits per heavy atom. The van der Waals surface area contributed by atoms with Crippen LogP contribution in [0.3, 0.4) is 0 Å². The van der Waals surface area contributed by atoms with Crippen LogP contribution in [-0.4, -0.2) is 9.55 Å². The fraction of sp³-hybridized carbons (Fsp3) is 0.462. The van der Waals surface area contributed by atoms with E-state index in [-0.39, 0.29) is 5.82 Å². The van der Waals surface area contributed by atoms with Crippen LogP contribution >= 0.6 is 12.2 Å². The zero-order valence-corrected chi connectivity index (χ0v) is 10.8. The highest BCUT2D eigenvalue weighted by molar-refractivity contribution is 7.71. The molecular weight excluding hydrogens is 235 g/mol. The minimum atomic E-state index is -0.177. The lowest BCUT2D eigenvalue weighted by molar-refractivity contribution is 0.619. The third-order valence-corrected chi connectivity index (χ3v) is 4.04. The molecule has 17 heavy (non-hydrogen) atoms. The average Bonchev–Trinajstić information content (AvgIpc) is 2.98. The number of aromatic nitrogens is 2. The molecular formula is C13H15FN2S. The van der Waals surface area contributed by atoms with Gasteiger partial charge in [0.15, 0.2) is 4.77 Å². The Labute approximate surface area is 104 Å². The summed E-state index contributed by atoms with van der Waals surface area (Å²) in [6, 6.07) is 3.94. The zero-order chi connectivity index (χ0) is 12.2. The van der Waals surface area contributed by atoms with Crippen LogP contribution in [0.15, 0.2) is 12.1 Å². The van der Waals surface area contributed by atoms with Gasteiger partial charge >= 0.3 is 0 Å². The van der Waals surface area contributed by atoms with Crippen molar-refractivity contribution < 1.29 is 4.39 Å². The van der Waals surface area contributed by atoms with Crippen molar-refractivity contribution in [3.05, 3.63) is 28.3 Å². The summed E-state index contributed by atoms with van der Waals surface area (Å²) in [7, 11) is 0. The zero-order valence-electron chi connectivity index (χ0n) is 9.96. The van der Waals surface area contributed by atoms with E-state index >= 15 is 0 Å². The van der Waals surface area contributed by atoms with Crippen molar-refractivity contribution >= 4 is 23.3 Å². The van der Waals surface area contributed by atoms with Crippen molar-refractivity contribution in [2.75, 3.05) is 0 Å². The third-order valence-electron chi connectivity index (χ3n) is 3.74. The monoisotopic (exact) mass is 250 g/mol. The number of imidazole rings is 1. The highest BCUT2D eigenvalue weighted by Gasteiger charge is 2.38. The maximum absolute atomic E-state index is 13.5. The number of rotatable bonds is 2. The second-order valence-electron chi connectivity index (χ2n) is 4.89. The lowest BCUT2D eigenvalue weighted by Crippen LogP contribution is -1.96. The summed E-state index contributed by atoms with van der Waals surface area (Å²) < 4.78 is 16.4. The molecule has 0 saturated heterocycles. The molecule has 1 aliphatic rings. The maximum atomic E-state index is 13.5. The Kier molecular flexibility index (Phi) is 2.36. The summed E-state index contributed by atoms with van der Waals surface area (Å²) in [5.74, 6) is 0.551.